The van der Waals surface area contributed by atoms with Crippen molar-refractivity contribution in [1.29, 1.82) is 0 Å². The summed E-state index contributed by atoms with van der Waals surface area (Å²) in [6.07, 6.45) is 4.61. The van der Waals surface area contributed by atoms with Gasteiger partial charge in [-0.25, -0.2) is 0 Å². The minimum absolute atomic E-state index is 0.795. The van der Waals surface area contributed by atoms with Crippen LogP contribution in [-0.2, 0) is 4.79 Å². The Morgan fingerprint density at radius 1 is 1.75 bits per heavy atom. The molecule has 0 aliphatic carbocycles. The van der Waals surface area contributed by atoms with Crippen molar-refractivity contribution in [2.75, 3.05) is 5.75 Å². The van der Waals surface area contributed by atoms with Crippen molar-refractivity contribution in [3.63, 3.8) is 0 Å². The Kier molecular flexibility index (Phi) is 1.92. The smallest absolute Gasteiger partial charge is 0.149 e. The van der Waals surface area contributed by atoms with Crippen LogP contribution in [0.15, 0.2) is 23.1 Å². The second kappa shape index (κ2) is 2.72. The highest BCUT2D eigenvalue weighted by Crippen LogP contribution is 2.11. The molecule has 1 aliphatic heterocycles. The first-order valence-corrected chi connectivity index (χ1v) is 3.42. The monoisotopic (exact) mass is 126 g/mol. The normalized spacial score (nSPS) is 17.8. The molecule has 0 radical (unpaired) electrons. The molecular formula is C6H6OS. The van der Waals surface area contributed by atoms with E-state index in [-0.39, 0.29) is 0 Å². The molecule has 0 unspecified atom stereocenters. The maximum atomic E-state index is 10.0. The van der Waals surface area contributed by atoms with Crippen molar-refractivity contribution in [2.24, 2.45) is 0 Å². The average molecular weight is 126 g/mol. The first-order valence-electron chi connectivity index (χ1n) is 2.37. The third-order valence-corrected chi connectivity index (χ3v) is 1.60. The molecule has 0 amide bonds. The second-order valence-corrected chi connectivity index (χ2v) is 2.40. The molecule has 1 aliphatic rings. The molecule has 0 saturated heterocycles. The van der Waals surface area contributed by atoms with Crippen molar-refractivity contribution in [2.45, 2.75) is 0 Å². The molecule has 0 aromatic carbocycles. The van der Waals surface area contributed by atoms with Gasteiger partial charge in [0.25, 0.3) is 0 Å². The van der Waals surface area contributed by atoms with E-state index in [0.717, 1.165) is 17.6 Å². The fraction of sp³-hybridized carbons (Fsp3) is 0.167. The van der Waals surface area contributed by atoms with E-state index in [1.54, 1.807) is 11.8 Å². The molecule has 42 valence electrons. The Balaban J connectivity index is 2.64. The third kappa shape index (κ3) is 1.23. The molecule has 1 heterocycles. The Bertz CT molecular complexity index is 147. The highest BCUT2D eigenvalue weighted by molar-refractivity contribution is 8.02. The summed E-state index contributed by atoms with van der Waals surface area (Å²) in [7, 11) is 0. The lowest BCUT2D eigenvalue weighted by molar-refractivity contribution is -0.104. The lowest BCUT2D eigenvalue weighted by atomic mass is 10.3. The summed E-state index contributed by atoms with van der Waals surface area (Å²) in [6, 6.07) is 0. The van der Waals surface area contributed by atoms with Crippen molar-refractivity contribution >= 4 is 18.0 Å². The van der Waals surface area contributed by atoms with Crippen molar-refractivity contribution in [3.05, 3.63) is 23.1 Å². The van der Waals surface area contributed by atoms with Crippen LogP contribution in [0.3, 0.4) is 0 Å². The summed E-state index contributed by atoms with van der Waals surface area (Å²) in [4.78, 5) is 10.0. The van der Waals surface area contributed by atoms with Gasteiger partial charge in [-0.3, -0.25) is 4.79 Å². The van der Waals surface area contributed by atoms with Gasteiger partial charge in [-0.2, -0.15) is 0 Å². The lowest BCUT2D eigenvalue weighted by Crippen LogP contribution is -1.84. The molecule has 0 atom stereocenters. The van der Waals surface area contributed by atoms with Gasteiger partial charge in [0, 0.05) is 11.3 Å². The third-order valence-electron chi connectivity index (χ3n) is 0.908. The molecule has 0 bridgehead atoms. The molecule has 1 nitrogen and oxygen atoms in total. The molecular weight excluding hydrogens is 120 g/mol. The first kappa shape index (κ1) is 5.63. The van der Waals surface area contributed by atoms with E-state index in [1.807, 2.05) is 17.6 Å². The van der Waals surface area contributed by atoms with E-state index in [1.165, 1.54) is 0 Å². The Morgan fingerprint density at radius 3 is 3.00 bits per heavy atom. The number of allylic oxidation sites excluding steroid dienone is 2. The van der Waals surface area contributed by atoms with Gasteiger partial charge in [-0.1, -0.05) is 6.08 Å². The van der Waals surface area contributed by atoms with Crippen LogP contribution in [-0.4, -0.2) is 12.0 Å². The predicted octanol–water partition coefficient (Wildman–Crippen LogP) is 1.37. The van der Waals surface area contributed by atoms with E-state index in [9.17, 15) is 4.79 Å². The van der Waals surface area contributed by atoms with Gasteiger partial charge < -0.3 is 0 Å². The topological polar surface area (TPSA) is 17.1 Å². The largest absolute Gasteiger partial charge is 0.298 e. The molecule has 0 aromatic rings. The highest BCUT2D eigenvalue weighted by atomic mass is 32.2. The van der Waals surface area contributed by atoms with E-state index in [2.05, 4.69) is 0 Å². The maximum absolute atomic E-state index is 10.0. The number of hydrogen-bond acceptors (Lipinski definition) is 2. The number of carbonyl (C=O) groups excluding carboxylic acids is 1. The van der Waals surface area contributed by atoms with Crippen LogP contribution in [0.2, 0.25) is 0 Å². The maximum Gasteiger partial charge on any atom is 0.149 e. The second-order valence-electron chi connectivity index (χ2n) is 1.46. The van der Waals surface area contributed by atoms with Crippen LogP contribution < -0.4 is 0 Å². The fourth-order valence-electron chi connectivity index (χ4n) is 0.482. The zero-order valence-electron chi connectivity index (χ0n) is 4.33. The SMILES string of the molecule is O=CC1=CCSC=C1. The van der Waals surface area contributed by atoms with Crippen LogP contribution in [0.25, 0.3) is 0 Å². The first-order chi connectivity index (χ1) is 3.93. The minimum Gasteiger partial charge on any atom is -0.298 e. The van der Waals surface area contributed by atoms with Crippen molar-refractivity contribution in [1.82, 2.24) is 0 Å². The Hall–Kier alpha value is -0.500. The highest BCUT2D eigenvalue weighted by Gasteiger charge is 1.91. The minimum atomic E-state index is 0.795. The van der Waals surface area contributed by atoms with Crippen LogP contribution in [0.4, 0.5) is 0 Å². The number of rotatable bonds is 1. The summed E-state index contributed by atoms with van der Waals surface area (Å²) in [5.74, 6) is 0.935. The van der Waals surface area contributed by atoms with Crippen LogP contribution in [0.1, 0.15) is 0 Å². The predicted molar refractivity (Wildman–Crippen MR) is 35.7 cm³/mol. The van der Waals surface area contributed by atoms with Gasteiger partial charge in [0.15, 0.2) is 0 Å². The molecule has 0 fully saturated rings. The average Bonchev–Trinajstić information content (AvgIpc) is 1.90. The Labute approximate surface area is 52.5 Å². The van der Waals surface area contributed by atoms with Gasteiger partial charge in [0.2, 0.25) is 0 Å². The molecule has 0 saturated carbocycles. The summed E-state index contributed by atoms with van der Waals surface area (Å²) in [6.45, 7) is 0. The zero-order chi connectivity index (χ0) is 5.82. The number of hydrogen-bond donors (Lipinski definition) is 0. The van der Waals surface area contributed by atoms with Gasteiger partial charge >= 0.3 is 0 Å². The van der Waals surface area contributed by atoms with Crippen LogP contribution in [0.5, 0.6) is 0 Å². The lowest BCUT2D eigenvalue weighted by Gasteiger charge is -1.95. The molecule has 0 N–H and O–H groups in total. The molecule has 1 rings (SSSR count). The van der Waals surface area contributed by atoms with E-state index < -0.39 is 0 Å². The van der Waals surface area contributed by atoms with Gasteiger partial charge in [-0.05, 0) is 11.5 Å². The molecule has 0 spiro atoms. The summed E-state index contributed by atoms with van der Waals surface area (Å²) >= 11 is 1.70. The zero-order valence-corrected chi connectivity index (χ0v) is 5.15. The van der Waals surface area contributed by atoms with E-state index in [0.29, 0.717) is 0 Å². The number of carbonyl (C=O) groups is 1. The van der Waals surface area contributed by atoms with E-state index >= 15 is 0 Å². The molecule has 8 heavy (non-hydrogen) atoms. The van der Waals surface area contributed by atoms with Crippen LogP contribution >= 0.6 is 11.8 Å². The molecule has 0 aromatic heterocycles. The molecule has 2 heteroatoms. The Morgan fingerprint density at radius 2 is 2.62 bits per heavy atom. The van der Waals surface area contributed by atoms with E-state index in [4.69, 9.17) is 0 Å². The summed E-state index contributed by atoms with van der Waals surface area (Å²) in [5.41, 5.74) is 0.795. The van der Waals surface area contributed by atoms with Gasteiger partial charge in [-0.15, -0.1) is 11.8 Å². The summed E-state index contributed by atoms with van der Waals surface area (Å²) < 4.78 is 0. The van der Waals surface area contributed by atoms with Crippen LogP contribution in [0, 0.1) is 0 Å². The summed E-state index contributed by atoms with van der Waals surface area (Å²) in [5, 5.41) is 1.93. The number of aldehydes is 1. The van der Waals surface area contributed by atoms with Crippen molar-refractivity contribution < 1.29 is 4.79 Å². The quantitative estimate of drug-likeness (QED) is 0.494. The standard InChI is InChI=1S/C6H6OS/c7-5-6-1-3-8-4-2-6/h1-3,5H,4H2. The van der Waals surface area contributed by atoms with Crippen molar-refractivity contribution in [3.8, 4) is 0 Å². The van der Waals surface area contributed by atoms with Gasteiger partial charge in [0.05, 0.1) is 0 Å². The van der Waals surface area contributed by atoms with Gasteiger partial charge in [0.1, 0.15) is 6.29 Å². The number of thioether (sulfide) groups is 1. The fourth-order valence-corrected chi connectivity index (χ4v) is 1.14.